The van der Waals surface area contributed by atoms with Crippen LogP contribution in [0.25, 0.3) is 0 Å². The van der Waals surface area contributed by atoms with Gasteiger partial charge in [-0.05, 0) is 44.5 Å². The van der Waals surface area contributed by atoms with E-state index in [0.29, 0.717) is 24.1 Å². The summed E-state index contributed by atoms with van der Waals surface area (Å²) in [5.41, 5.74) is 0.652. The van der Waals surface area contributed by atoms with Gasteiger partial charge in [-0.1, -0.05) is 18.2 Å². The molecule has 104 valence electrons. The fourth-order valence-corrected chi connectivity index (χ4v) is 3.22. The van der Waals surface area contributed by atoms with Crippen LogP contribution >= 0.6 is 12.4 Å². The van der Waals surface area contributed by atoms with E-state index in [-0.39, 0.29) is 18.4 Å². The highest BCUT2D eigenvalue weighted by Gasteiger charge is 2.37. The molecule has 4 heteroatoms. The number of ether oxygens (including phenoxy) is 1. The number of esters is 1. The molecule has 2 aliphatic rings. The molecule has 2 saturated heterocycles. The molecule has 2 fully saturated rings. The second-order valence-electron chi connectivity index (χ2n) is 5.26. The zero-order chi connectivity index (χ0) is 12.4. The lowest BCUT2D eigenvalue weighted by Gasteiger charge is -2.19. The van der Waals surface area contributed by atoms with E-state index in [1.165, 1.54) is 32.4 Å². The zero-order valence-corrected chi connectivity index (χ0v) is 11.8. The first kappa shape index (κ1) is 14.4. The molecule has 2 aliphatic heterocycles. The standard InChI is InChI=1S/C15H19NO2.ClH/c17-15(12-5-2-1-3-6-12)18-11-13-8-10-16-9-4-7-14(13)16;/h1-3,5-6,13-14H,4,7-11H2;1H. The molecule has 0 bridgehead atoms. The summed E-state index contributed by atoms with van der Waals surface area (Å²) in [6, 6.07) is 9.91. The molecule has 3 rings (SSSR count). The monoisotopic (exact) mass is 281 g/mol. The minimum absolute atomic E-state index is 0. The van der Waals surface area contributed by atoms with Crippen LogP contribution in [0.15, 0.2) is 30.3 Å². The minimum atomic E-state index is -0.188. The van der Waals surface area contributed by atoms with Gasteiger partial charge in [0.2, 0.25) is 0 Å². The molecule has 1 aromatic carbocycles. The molecular formula is C15H20ClNO2. The molecule has 0 aromatic heterocycles. The van der Waals surface area contributed by atoms with E-state index in [9.17, 15) is 4.79 Å². The maximum atomic E-state index is 11.9. The normalized spacial score (nSPS) is 25.7. The second-order valence-corrected chi connectivity index (χ2v) is 5.26. The molecule has 0 saturated carbocycles. The summed E-state index contributed by atoms with van der Waals surface area (Å²) < 4.78 is 5.45. The van der Waals surface area contributed by atoms with Crippen LogP contribution in [0, 0.1) is 5.92 Å². The molecule has 19 heavy (non-hydrogen) atoms. The lowest BCUT2D eigenvalue weighted by atomic mass is 9.99. The Hall–Kier alpha value is -1.06. The number of carbonyl (C=O) groups excluding carboxylic acids is 1. The van der Waals surface area contributed by atoms with Crippen LogP contribution in [0.4, 0.5) is 0 Å². The molecule has 0 amide bonds. The van der Waals surface area contributed by atoms with Crippen LogP contribution < -0.4 is 0 Å². The maximum absolute atomic E-state index is 11.9. The molecule has 0 radical (unpaired) electrons. The van der Waals surface area contributed by atoms with Crippen molar-refractivity contribution in [1.29, 1.82) is 0 Å². The number of benzene rings is 1. The highest BCUT2D eigenvalue weighted by atomic mass is 35.5. The SMILES string of the molecule is Cl.O=C(OCC1CCN2CCCC12)c1ccccc1. The lowest BCUT2D eigenvalue weighted by molar-refractivity contribution is 0.0418. The van der Waals surface area contributed by atoms with Crippen molar-refractivity contribution in [1.82, 2.24) is 4.90 Å². The van der Waals surface area contributed by atoms with Crippen molar-refractivity contribution in [3.8, 4) is 0 Å². The smallest absolute Gasteiger partial charge is 0.338 e. The summed E-state index contributed by atoms with van der Waals surface area (Å²) in [4.78, 5) is 14.4. The lowest BCUT2D eigenvalue weighted by Crippen LogP contribution is -2.28. The third kappa shape index (κ3) is 3.10. The van der Waals surface area contributed by atoms with Gasteiger partial charge in [-0.25, -0.2) is 4.79 Å². The zero-order valence-electron chi connectivity index (χ0n) is 11.0. The molecule has 0 aliphatic carbocycles. The summed E-state index contributed by atoms with van der Waals surface area (Å²) in [5.74, 6) is 0.354. The van der Waals surface area contributed by atoms with Gasteiger partial charge in [0, 0.05) is 12.0 Å². The number of hydrogen-bond acceptors (Lipinski definition) is 3. The number of carbonyl (C=O) groups is 1. The summed E-state index contributed by atoms with van der Waals surface area (Å²) in [7, 11) is 0. The Bertz CT molecular complexity index is 423. The van der Waals surface area contributed by atoms with Gasteiger partial charge >= 0.3 is 5.97 Å². The summed E-state index contributed by atoms with van der Waals surface area (Å²) in [5, 5.41) is 0. The predicted octanol–water partition coefficient (Wildman–Crippen LogP) is 2.75. The number of nitrogens with zero attached hydrogens (tertiary/aromatic N) is 1. The molecule has 2 unspecified atom stereocenters. The predicted molar refractivity (Wildman–Crippen MR) is 76.7 cm³/mol. The van der Waals surface area contributed by atoms with Gasteiger partial charge in [-0.2, -0.15) is 0 Å². The van der Waals surface area contributed by atoms with Gasteiger partial charge < -0.3 is 4.74 Å². The molecule has 2 atom stereocenters. The van der Waals surface area contributed by atoms with Gasteiger partial charge in [-0.15, -0.1) is 12.4 Å². The molecule has 0 spiro atoms. The fraction of sp³-hybridized carbons (Fsp3) is 0.533. The average Bonchev–Trinajstić information content (AvgIpc) is 3.00. The third-order valence-corrected chi connectivity index (χ3v) is 4.18. The first-order chi connectivity index (χ1) is 8.84. The summed E-state index contributed by atoms with van der Waals surface area (Å²) >= 11 is 0. The quantitative estimate of drug-likeness (QED) is 0.798. The largest absolute Gasteiger partial charge is 0.462 e. The van der Waals surface area contributed by atoms with E-state index in [1.807, 2.05) is 18.2 Å². The highest BCUT2D eigenvalue weighted by Crippen LogP contribution is 2.32. The average molecular weight is 282 g/mol. The first-order valence-electron chi connectivity index (χ1n) is 6.81. The van der Waals surface area contributed by atoms with E-state index in [4.69, 9.17) is 4.74 Å². The Morgan fingerprint density at radius 1 is 1.21 bits per heavy atom. The van der Waals surface area contributed by atoms with Crippen molar-refractivity contribution in [2.45, 2.75) is 25.3 Å². The number of halogens is 1. The van der Waals surface area contributed by atoms with Crippen LogP contribution in [-0.2, 0) is 4.74 Å². The highest BCUT2D eigenvalue weighted by molar-refractivity contribution is 5.89. The van der Waals surface area contributed by atoms with Gasteiger partial charge in [0.1, 0.15) is 0 Å². The third-order valence-electron chi connectivity index (χ3n) is 4.18. The molecular weight excluding hydrogens is 262 g/mol. The van der Waals surface area contributed by atoms with E-state index in [0.717, 1.165) is 0 Å². The number of hydrogen-bond donors (Lipinski definition) is 0. The number of fused-ring (bicyclic) bond motifs is 1. The minimum Gasteiger partial charge on any atom is -0.462 e. The van der Waals surface area contributed by atoms with Crippen molar-refractivity contribution in [2.24, 2.45) is 5.92 Å². The van der Waals surface area contributed by atoms with Crippen LogP contribution in [-0.4, -0.2) is 36.6 Å². The van der Waals surface area contributed by atoms with Crippen molar-refractivity contribution in [3.63, 3.8) is 0 Å². The summed E-state index contributed by atoms with van der Waals surface area (Å²) in [6.07, 6.45) is 3.74. The fourth-order valence-electron chi connectivity index (χ4n) is 3.22. The van der Waals surface area contributed by atoms with E-state index < -0.39 is 0 Å². The Morgan fingerprint density at radius 2 is 2.00 bits per heavy atom. The van der Waals surface area contributed by atoms with Crippen molar-refractivity contribution < 1.29 is 9.53 Å². The van der Waals surface area contributed by atoms with Crippen LogP contribution in [0.3, 0.4) is 0 Å². The van der Waals surface area contributed by atoms with E-state index in [1.54, 1.807) is 12.1 Å². The Balaban J connectivity index is 0.00000133. The Labute approximate surface area is 120 Å². The second kappa shape index (κ2) is 6.40. The van der Waals surface area contributed by atoms with Crippen LogP contribution in [0.2, 0.25) is 0 Å². The molecule has 1 aromatic rings. The van der Waals surface area contributed by atoms with Crippen LogP contribution in [0.5, 0.6) is 0 Å². The van der Waals surface area contributed by atoms with Gasteiger partial charge in [0.25, 0.3) is 0 Å². The molecule has 2 heterocycles. The molecule has 3 nitrogen and oxygen atoms in total. The number of rotatable bonds is 3. The first-order valence-corrected chi connectivity index (χ1v) is 6.81. The maximum Gasteiger partial charge on any atom is 0.338 e. The van der Waals surface area contributed by atoms with Crippen molar-refractivity contribution in [2.75, 3.05) is 19.7 Å². The van der Waals surface area contributed by atoms with Crippen molar-refractivity contribution >= 4 is 18.4 Å². The van der Waals surface area contributed by atoms with Crippen LogP contribution in [0.1, 0.15) is 29.6 Å². The Kier molecular flexibility index (Phi) is 4.83. The van der Waals surface area contributed by atoms with Crippen molar-refractivity contribution in [3.05, 3.63) is 35.9 Å². The van der Waals surface area contributed by atoms with E-state index in [2.05, 4.69) is 4.90 Å². The van der Waals surface area contributed by atoms with Gasteiger partial charge in [0.05, 0.1) is 12.2 Å². The van der Waals surface area contributed by atoms with Gasteiger partial charge in [0.15, 0.2) is 0 Å². The molecule has 0 N–H and O–H groups in total. The van der Waals surface area contributed by atoms with E-state index >= 15 is 0 Å². The Morgan fingerprint density at radius 3 is 2.79 bits per heavy atom. The van der Waals surface area contributed by atoms with Gasteiger partial charge in [-0.3, -0.25) is 4.90 Å². The topological polar surface area (TPSA) is 29.5 Å². The summed E-state index contributed by atoms with van der Waals surface area (Å²) in [6.45, 7) is 2.99.